The second-order valence-corrected chi connectivity index (χ2v) is 5.23. The molecule has 1 saturated carbocycles. The third kappa shape index (κ3) is 1.62. The Kier molecular flexibility index (Phi) is 2.75. The van der Waals surface area contributed by atoms with Crippen LogP contribution in [0, 0.1) is 5.41 Å². The summed E-state index contributed by atoms with van der Waals surface area (Å²) in [5.74, 6) is 0. The average Bonchev–Trinajstić information content (AvgIpc) is 2.02. The van der Waals surface area contributed by atoms with Crippen molar-refractivity contribution in [3.8, 4) is 0 Å². The molecule has 2 unspecified atom stereocenters. The maximum absolute atomic E-state index is 5.56. The zero-order chi connectivity index (χ0) is 10.3. The topological polar surface area (TPSA) is 21.3 Å². The fraction of sp³-hybridized carbons (Fsp3) is 1.00. The van der Waals surface area contributed by atoms with E-state index >= 15 is 0 Å². The lowest BCUT2D eigenvalue weighted by atomic mass is 9.55. The van der Waals surface area contributed by atoms with Crippen molar-refractivity contribution in [2.75, 3.05) is 7.11 Å². The number of nitrogens with one attached hydrogen (secondary N) is 1. The average molecular weight is 185 g/mol. The largest absolute Gasteiger partial charge is 0.378 e. The molecular weight excluding hydrogens is 162 g/mol. The predicted octanol–water partition coefficient (Wildman–Crippen LogP) is 2.19. The number of methoxy groups -OCH3 is 1. The Morgan fingerprint density at radius 1 is 1.31 bits per heavy atom. The fourth-order valence-corrected chi connectivity index (χ4v) is 2.16. The molecule has 1 aliphatic rings. The van der Waals surface area contributed by atoms with Gasteiger partial charge in [0.25, 0.3) is 0 Å². The normalized spacial score (nSPS) is 37.6. The van der Waals surface area contributed by atoms with E-state index in [-0.39, 0.29) is 11.0 Å². The van der Waals surface area contributed by atoms with Crippen molar-refractivity contribution >= 4 is 0 Å². The van der Waals surface area contributed by atoms with Crippen LogP contribution in [0.15, 0.2) is 0 Å². The van der Waals surface area contributed by atoms with Crippen molar-refractivity contribution in [2.24, 2.45) is 5.41 Å². The molecule has 1 fully saturated rings. The first kappa shape index (κ1) is 11.0. The van der Waals surface area contributed by atoms with E-state index in [2.05, 4.69) is 39.9 Å². The molecule has 0 bridgehead atoms. The van der Waals surface area contributed by atoms with E-state index in [1.807, 2.05) is 7.11 Å². The van der Waals surface area contributed by atoms with Gasteiger partial charge in [0.15, 0.2) is 0 Å². The Balaban J connectivity index is 2.59. The molecule has 0 amide bonds. The molecule has 0 aromatic heterocycles. The lowest BCUT2D eigenvalue weighted by Crippen LogP contribution is -2.68. The first-order valence-electron chi connectivity index (χ1n) is 5.14. The van der Waals surface area contributed by atoms with Crippen molar-refractivity contribution in [3.05, 3.63) is 0 Å². The van der Waals surface area contributed by atoms with Gasteiger partial charge in [0.2, 0.25) is 0 Å². The first-order valence-corrected chi connectivity index (χ1v) is 5.14. The van der Waals surface area contributed by atoms with Crippen molar-refractivity contribution in [1.82, 2.24) is 5.32 Å². The fourth-order valence-electron chi connectivity index (χ4n) is 2.16. The van der Waals surface area contributed by atoms with E-state index in [4.69, 9.17) is 4.74 Å². The van der Waals surface area contributed by atoms with Crippen molar-refractivity contribution in [1.29, 1.82) is 0 Å². The summed E-state index contributed by atoms with van der Waals surface area (Å²) < 4.78 is 5.56. The molecule has 0 aromatic rings. The highest BCUT2D eigenvalue weighted by atomic mass is 16.5. The minimum absolute atomic E-state index is 0.0551. The van der Waals surface area contributed by atoms with Gasteiger partial charge in [-0.3, -0.25) is 0 Å². The van der Waals surface area contributed by atoms with Gasteiger partial charge in [-0.2, -0.15) is 0 Å². The Morgan fingerprint density at radius 2 is 1.85 bits per heavy atom. The van der Waals surface area contributed by atoms with Gasteiger partial charge in [-0.1, -0.05) is 27.7 Å². The molecule has 1 aliphatic carbocycles. The van der Waals surface area contributed by atoms with E-state index < -0.39 is 0 Å². The molecule has 2 atom stereocenters. The number of hydrogen-bond acceptors (Lipinski definition) is 2. The predicted molar refractivity (Wildman–Crippen MR) is 55.9 cm³/mol. The maximum Gasteiger partial charge on any atom is 0.0731 e. The van der Waals surface area contributed by atoms with E-state index in [0.717, 1.165) is 6.42 Å². The van der Waals surface area contributed by atoms with Crippen LogP contribution in [0.1, 0.15) is 41.0 Å². The molecule has 0 heterocycles. The monoisotopic (exact) mass is 185 g/mol. The van der Waals surface area contributed by atoms with Crippen molar-refractivity contribution < 1.29 is 4.74 Å². The highest BCUT2D eigenvalue weighted by Crippen LogP contribution is 2.51. The summed E-state index contributed by atoms with van der Waals surface area (Å²) in [5.41, 5.74) is 0.297. The molecule has 0 radical (unpaired) electrons. The second kappa shape index (κ2) is 3.25. The van der Waals surface area contributed by atoms with E-state index in [1.54, 1.807) is 0 Å². The van der Waals surface area contributed by atoms with Crippen LogP contribution in [-0.4, -0.2) is 24.8 Å². The van der Waals surface area contributed by atoms with E-state index in [1.165, 1.54) is 0 Å². The molecule has 1 rings (SSSR count). The van der Waals surface area contributed by atoms with Crippen LogP contribution in [0.25, 0.3) is 0 Å². The van der Waals surface area contributed by atoms with Crippen LogP contribution in [0.2, 0.25) is 0 Å². The standard InChI is InChI=1S/C11H23NO/c1-8(2)12-9-7-11(5,13-6)10(9,3)4/h8-9,12H,7H2,1-6H3. The van der Waals surface area contributed by atoms with E-state index in [9.17, 15) is 0 Å². The van der Waals surface area contributed by atoms with Crippen LogP contribution < -0.4 is 5.32 Å². The van der Waals surface area contributed by atoms with Crippen LogP contribution >= 0.6 is 0 Å². The summed E-state index contributed by atoms with van der Waals surface area (Å²) in [6.45, 7) is 11.1. The highest BCUT2D eigenvalue weighted by molar-refractivity contribution is 5.11. The molecule has 13 heavy (non-hydrogen) atoms. The molecule has 2 nitrogen and oxygen atoms in total. The molecule has 0 aromatic carbocycles. The smallest absolute Gasteiger partial charge is 0.0731 e. The summed E-state index contributed by atoms with van der Waals surface area (Å²) in [4.78, 5) is 0. The molecule has 0 aliphatic heterocycles. The van der Waals surface area contributed by atoms with Crippen LogP contribution in [0.3, 0.4) is 0 Å². The third-order valence-electron chi connectivity index (χ3n) is 3.81. The Morgan fingerprint density at radius 3 is 2.15 bits per heavy atom. The first-order chi connectivity index (χ1) is 5.83. The zero-order valence-corrected chi connectivity index (χ0v) is 9.77. The van der Waals surface area contributed by atoms with E-state index in [0.29, 0.717) is 12.1 Å². The Labute approximate surface area is 82.0 Å². The maximum atomic E-state index is 5.56. The summed E-state index contributed by atoms with van der Waals surface area (Å²) in [6.07, 6.45) is 1.12. The van der Waals surface area contributed by atoms with Crippen LogP contribution in [0.5, 0.6) is 0 Å². The van der Waals surface area contributed by atoms with Gasteiger partial charge in [0.05, 0.1) is 5.60 Å². The second-order valence-electron chi connectivity index (χ2n) is 5.23. The molecule has 78 valence electrons. The molecule has 1 N–H and O–H groups in total. The van der Waals surface area contributed by atoms with Gasteiger partial charge in [-0.15, -0.1) is 0 Å². The van der Waals surface area contributed by atoms with Crippen LogP contribution in [-0.2, 0) is 4.74 Å². The quantitative estimate of drug-likeness (QED) is 0.727. The SMILES string of the molecule is COC1(C)CC(NC(C)C)C1(C)C. The lowest BCUT2D eigenvalue weighted by Gasteiger charge is -2.59. The van der Waals surface area contributed by atoms with Gasteiger partial charge >= 0.3 is 0 Å². The van der Waals surface area contributed by atoms with Gasteiger partial charge in [0.1, 0.15) is 0 Å². The Hall–Kier alpha value is -0.0800. The van der Waals surface area contributed by atoms with Gasteiger partial charge in [-0.25, -0.2) is 0 Å². The number of ether oxygens (including phenoxy) is 1. The number of hydrogen-bond donors (Lipinski definition) is 1. The summed E-state index contributed by atoms with van der Waals surface area (Å²) in [6, 6.07) is 1.16. The molecule has 0 spiro atoms. The summed E-state index contributed by atoms with van der Waals surface area (Å²) in [7, 11) is 1.81. The van der Waals surface area contributed by atoms with Gasteiger partial charge < -0.3 is 10.1 Å². The lowest BCUT2D eigenvalue weighted by molar-refractivity contribution is -0.181. The minimum Gasteiger partial charge on any atom is -0.378 e. The highest BCUT2D eigenvalue weighted by Gasteiger charge is 2.57. The Bertz CT molecular complexity index is 189. The summed E-state index contributed by atoms with van der Waals surface area (Å²) >= 11 is 0. The van der Waals surface area contributed by atoms with Crippen LogP contribution in [0.4, 0.5) is 0 Å². The van der Waals surface area contributed by atoms with Gasteiger partial charge in [0, 0.05) is 24.6 Å². The minimum atomic E-state index is 0.0551. The van der Waals surface area contributed by atoms with Crippen molar-refractivity contribution in [3.63, 3.8) is 0 Å². The van der Waals surface area contributed by atoms with Gasteiger partial charge in [-0.05, 0) is 13.3 Å². The molecule has 0 saturated heterocycles. The molecular formula is C11H23NO. The zero-order valence-electron chi connectivity index (χ0n) is 9.77. The third-order valence-corrected chi connectivity index (χ3v) is 3.81. The number of rotatable bonds is 3. The van der Waals surface area contributed by atoms with Crippen molar-refractivity contribution in [2.45, 2.75) is 58.7 Å². The summed E-state index contributed by atoms with van der Waals surface area (Å²) in [5, 5.41) is 3.58. The molecule has 2 heteroatoms.